The third kappa shape index (κ3) is 6.86. The SMILES string of the molecule is COC=C(C(=O)OC)c1ccccc1COc1cc(C(C)=NOCc2ccccc2)ccc1OC. The highest BCUT2D eigenvalue weighted by atomic mass is 16.6. The van der Waals surface area contributed by atoms with Crippen molar-refractivity contribution in [1.82, 2.24) is 0 Å². The monoisotopic (exact) mass is 475 g/mol. The Balaban J connectivity index is 1.79. The van der Waals surface area contributed by atoms with Crippen molar-refractivity contribution < 1.29 is 28.6 Å². The van der Waals surface area contributed by atoms with Crippen LogP contribution in [0.25, 0.3) is 5.57 Å². The third-order valence-electron chi connectivity index (χ3n) is 5.19. The van der Waals surface area contributed by atoms with Crippen LogP contribution in [0.5, 0.6) is 11.5 Å². The van der Waals surface area contributed by atoms with E-state index in [0.717, 1.165) is 16.7 Å². The van der Waals surface area contributed by atoms with Crippen molar-refractivity contribution in [3.8, 4) is 11.5 Å². The molecule has 0 spiro atoms. The molecule has 0 saturated heterocycles. The Morgan fingerprint density at radius 2 is 1.63 bits per heavy atom. The molecule has 0 fully saturated rings. The van der Waals surface area contributed by atoms with Crippen LogP contribution in [0.4, 0.5) is 0 Å². The van der Waals surface area contributed by atoms with Crippen LogP contribution in [0.1, 0.15) is 29.2 Å². The van der Waals surface area contributed by atoms with Crippen LogP contribution >= 0.6 is 0 Å². The smallest absolute Gasteiger partial charge is 0.341 e. The van der Waals surface area contributed by atoms with Gasteiger partial charge in [0, 0.05) is 5.56 Å². The zero-order valence-corrected chi connectivity index (χ0v) is 20.3. The average molecular weight is 476 g/mol. The Hall–Kier alpha value is -4.26. The number of hydrogen-bond acceptors (Lipinski definition) is 7. The fraction of sp³-hybridized carbons (Fsp3) is 0.214. The Morgan fingerprint density at radius 1 is 0.886 bits per heavy atom. The molecule has 3 aromatic carbocycles. The van der Waals surface area contributed by atoms with E-state index in [4.69, 9.17) is 23.8 Å². The summed E-state index contributed by atoms with van der Waals surface area (Å²) in [7, 11) is 4.39. The van der Waals surface area contributed by atoms with E-state index < -0.39 is 5.97 Å². The second kappa shape index (κ2) is 12.8. The van der Waals surface area contributed by atoms with Gasteiger partial charge in [0.2, 0.25) is 0 Å². The van der Waals surface area contributed by atoms with Crippen LogP contribution in [-0.4, -0.2) is 33.0 Å². The highest BCUT2D eigenvalue weighted by Gasteiger charge is 2.17. The van der Waals surface area contributed by atoms with Crippen molar-refractivity contribution in [2.75, 3.05) is 21.3 Å². The third-order valence-corrected chi connectivity index (χ3v) is 5.19. The standard InChI is InChI=1S/C28H29NO6/c1-20(29-35-17-21-10-6-5-7-11-21)22-14-15-26(32-3)27(16-22)34-18-23-12-8-9-13-24(23)25(19-31-2)28(30)33-4/h5-16,19H,17-18H2,1-4H3. The van der Waals surface area contributed by atoms with Crippen molar-refractivity contribution in [3.05, 3.63) is 101 Å². The van der Waals surface area contributed by atoms with Gasteiger partial charge in [-0.3, -0.25) is 0 Å². The Morgan fingerprint density at radius 3 is 2.34 bits per heavy atom. The molecule has 0 aliphatic rings. The number of esters is 1. The van der Waals surface area contributed by atoms with Gasteiger partial charge in [0.15, 0.2) is 11.5 Å². The van der Waals surface area contributed by atoms with Crippen LogP contribution in [0.3, 0.4) is 0 Å². The number of carbonyl (C=O) groups is 1. The molecule has 35 heavy (non-hydrogen) atoms. The number of benzene rings is 3. The number of oxime groups is 1. The van der Waals surface area contributed by atoms with E-state index in [0.29, 0.717) is 35.0 Å². The number of ether oxygens (including phenoxy) is 4. The summed E-state index contributed by atoms with van der Waals surface area (Å²) in [5, 5.41) is 4.24. The molecule has 7 nitrogen and oxygen atoms in total. The van der Waals surface area contributed by atoms with E-state index in [1.807, 2.05) is 79.7 Å². The molecule has 0 aromatic heterocycles. The van der Waals surface area contributed by atoms with Gasteiger partial charge in [-0.15, -0.1) is 0 Å². The number of carbonyl (C=O) groups excluding carboxylic acids is 1. The summed E-state index contributed by atoms with van der Waals surface area (Å²) in [6, 6.07) is 22.8. The summed E-state index contributed by atoms with van der Waals surface area (Å²) in [6.45, 7) is 2.44. The maximum Gasteiger partial charge on any atom is 0.341 e. The highest BCUT2D eigenvalue weighted by molar-refractivity contribution is 6.16. The van der Waals surface area contributed by atoms with E-state index in [9.17, 15) is 4.79 Å². The predicted molar refractivity (Wildman–Crippen MR) is 134 cm³/mol. The second-order valence-electron chi connectivity index (χ2n) is 7.51. The van der Waals surface area contributed by atoms with Gasteiger partial charge in [-0.1, -0.05) is 59.8 Å². The van der Waals surface area contributed by atoms with E-state index in [1.54, 1.807) is 7.11 Å². The lowest BCUT2D eigenvalue weighted by molar-refractivity contribution is -0.133. The summed E-state index contributed by atoms with van der Waals surface area (Å²) in [4.78, 5) is 17.8. The van der Waals surface area contributed by atoms with Crippen LogP contribution < -0.4 is 9.47 Å². The largest absolute Gasteiger partial charge is 0.503 e. The molecule has 0 heterocycles. The Kier molecular flexibility index (Phi) is 9.31. The Bertz CT molecular complexity index is 1190. The van der Waals surface area contributed by atoms with Gasteiger partial charge < -0.3 is 23.8 Å². The molecule has 0 aliphatic carbocycles. The van der Waals surface area contributed by atoms with Crippen molar-refractivity contribution >= 4 is 17.3 Å². The first kappa shape index (κ1) is 25.4. The lowest BCUT2D eigenvalue weighted by atomic mass is 10.0. The quantitative estimate of drug-likeness (QED) is 0.122. The van der Waals surface area contributed by atoms with Gasteiger partial charge in [-0.05, 0) is 41.8 Å². The van der Waals surface area contributed by atoms with Crippen LogP contribution in [-0.2, 0) is 32.3 Å². The van der Waals surface area contributed by atoms with E-state index in [-0.39, 0.29) is 6.61 Å². The molecule has 0 bridgehead atoms. The first-order valence-corrected chi connectivity index (χ1v) is 11.0. The van der Waals surface area contributed by atoms with Crippen molar-refractivity contribution in [2.45, 2.75) is 20.1 Å². The van der Waals surface area contributed by atoms with E-state index >= 15 is 0 Å². The minimum Gasteiger partial charge on any atom is -0.503 e. The van der Waals surface area contributed by atoms with Gasteiger partial charge in [-0.2, -0.15) is 0 Å². The van der Waals surface area contributed by atoms with Crippen LogP contribution in [0, 0.1) is 0 Å². The molecule has 0 saturated carbocycles. The molecule has 0 amide bonds. The molecular weight excluding hydrogens is 446 g/mol. The maximum absolute atomic E-state index is 12.3. The topological polar surface area (TPSA) is 75.6 Å². The van der Waals surface area contributed by atoms with E-state index in [1.165, 1.54) is 20.5 Å². The normalized spacial score (nSPS) is 11.5. The summed E-state index contributed by atoms with van der Waals surface area (Å²) in [6.07, 6.45) is 1.36. The maximum atomic E-state index is 12.3. The number of hydrogen-bond donors (Lipinski definition) is 0. The van der Waals surface area contributed by atoms with Gasteiger partial charge in [0.25, 0.3) is 0 Å². The molecule has 0 atom stereocenters. The molecule has 7 heteroatoms. The van der Waals surface area contributed by atoms with E-state index in [2.05, 4.69) is 5.16 Å². The molecule has 0 aliphatic heterocycles. The molecule has 3 aromatic rings. The van der Waals surface area contributed by atoms with Gasteiger partial charge in [-0.25, -0.2) is 4.79 Å². The predicted octanol–water partition coefficient (Wildman–Crippen LogP) is 5.38. The van der Waals surface area contributed by atoms with Crippen LogP contribution in [0.15, 0.2) is 84.2 Å². The summed E-state index contributed by atoms with van der Waals surface area (Å²) >= 11 is 0. The second-order valence-corrected chi connectivity index (χ2v) is 7.51. The number of rotatable bonds is 11. The van der Waals surface area contributed by atoms with Crippen LogP contribution in [0.2, 0.25) is 0 Å². The fourth-order valence-corrected chi connectivity index (χ4v) is 3.36. The summed E-state index contributed by atoms with van der Waals surface area (Å²) < 4.78 is 21.6. The van der Waals surface area contributed by atoms with Crippen molar-refractivity contribution in [1.29, 1.82) is 0 Å². The molecule has 0 N–H and O–H groups in total. The minimum absolute atomic E-state index is 0.189. The highest BCUT2D eigenvalue weighted by Crippen LogP contribution is 2.30. The summed E-state index contributed by atoms with van der Waals surface area (Å²) in [5.74, 6) is 0.610. The first-order valence-electron chi connectivity index (χ1n) is 11.0. The minimum atomic E-state index is -0.499. The number of methoxy groups -OCH3 is 3. The lowest BCUT2D eigenvalue weighted by Gasteiger charge is -2.15. The van der Waals surface area contributed by atoms with Gasteiger partial charge >= 0.3 is 5.97 Å². The van der Waals surface area contributed by atoms with Crippen molar-refractivity contribution in [2.24, 2.45) is 5.16 Å². The van der Waals surface area contributed by atoms with Crippen molar-refractivity contribution in [3.63, 3.8) is 0 Å². The Labute approximate surface area is 205 Å². The molecule has 3 rings (SSSR count). The van der Waals surface area contributed by atoms with Gasteiger partial charge in [0.1, 0.15) is 18.8 Å². The zero-order chi connectivity index (χ0) is 25.0. The number of nitrogens with zero attached hydrogens (tertiary/aromatic N) is 1. The molecule has 0 radical (unpaired) electrons. The molecule has 0 unspecified atom stereocenters. The average Bonchev–Trinajstić information content (AvgIpc) is 2.90. The summed E-state index contributed by atoms with van der Waals surface area (Å²) in [5.41, 5.74) is 4.30. The fourth-order valence-electron chi connectivity index (χ4n) is 3.36. The lowest BCUT2D eigenvalue weighted by Crippen LogP contribution is -2.08. The first-order chi connectivity index (χ1) is 17.1. The molecule has 182 valence electrons. The zero-order valence-electron chi connectivity index (χ0n) is 20.3. The van der Waals surface area contributed by atoms with Gasteiger partial charge in [0.05, 0.1) is 33.3 Å². The molecular formula is C28H29NO6.